The van der Waals surface area contributed by atoms with Gasteiger partial charge in [-0.3, -0.25) is 9.59 Å². The van der Waals surface area contributed by atoms with Crippen molar-refractivity contribution in [3.63, 3.8) is 0 Å². The molecule has 13 heavy (non-hydrogen) atoms. The molecule has 0 amide bonds. The predicted octanol–water partition coefficient (Wildman–Crippen LogP) is 2.37. The Morgan fingerprint density at radius 1 is 1.54 bits per heavy atom. The molecule has 1 unspecified atom stereocenters. The van der Waals surface area contributed by atoms with Crippen molar-refractivity contribution in [2.24, 2.45) is 0 Å². The first kappa shape index (κ1) is 9.93. The molecule has 0 saturated heterocycles. The Hall–Kier alpha value is -1.15. The Labute approximate surface area is 81.5 Å². The van der Waals surface area contributed by atoms with E-state index in [2.05, 4.69) is 0 Å². The standard InChI is InChI=1S/C10H9ClO2/c1-7(13)10(11)9-4-2-3-8(5-9)6-12/h2-6,10H,1H3. The number of carbonyl (C=O) groups excluding carboxylic acids is 2. The minimum Gasteiger partial charge on any atom is -0.298 e. The fraction of sp³-hybridized carbons (Fsp3) is 0.200. The third-order valence-corrected chi connectivity index (χ3v) is 2.26. The lowest BCUT2D eigenvalue weighted by Crippen LogP contribution is -2.01. The minimum absolute atomic E-state index is 0.121. The molecule has 0 aliphatic carbocycles. The molecular formula is C10H9ClO2. The van der Waals surface area contributed by atoms with Crippen LogP contribution in [-0.2, 0) is 4.79 Å². The Bertz CT molecular complexity index is 333. The van der Waals surface area contributed by atoms with Crippen LogP contribution in [0.5, 0.6) is 0 Å². The molecule has 0 bridgehead atoms. The zero-order valence-corrected chi connectivity index (χ0v) is 7.91. The second kappa shape index (κ2) is 4.19. The quantitative estimate of drug-likeness (QED) is 0.550. The second-order valence-corrected chi connectivity index (χ2v) is 3.20. The molecule has 0 N–H and O–H groups in total. The van der Waals surface area contributed by atoms with Gasteiger partial charge in [0.1, 0.15) is 11.7 Å². The summed E-state index contributed by atoms with van der Waals surface area (Å²) in [6.45, 7) is 1.42. The summed E-state index contributed by atoms with van der Waals surface area (Å²) in [6, 6.07) is 6.72. The van der Waals surface area contributed by atoms with Crippen LogP contribution < -0.4 is 0 Å². The van der Waals surface area contributed by atoms with Crippen molar-refractivity contribution in [1.82, 2.24) is 0 Å². The summed E-state index contributed by atoms with van der Waals surface area (Å²) in [5, 5.41) is -0.653. The first-order valence-electron chi connectivity index (χ1n) is 3.85. The summed E-state index contributed by atoms with van der Waals surface area (Å²) >= 11 is 5.80. The molecule has 1 aromatic rings. The van der Waals surface area contributed by atoms with Crippen LogP contribution in [0.3, 0.4) is 0 Å². The van der Waals surface area contributed by atoms with Gasteiger partial charge in [0, 0.05) is 5.56 Å². The van der Waals surface area contributed by atoms with E-state index >= 15 is 0 Å². The van der Waals surface area contributed by atoms with Crippen LogP contribution >= 0.6 is 11.6 Å². The van der Waals surface area contributed by atoms with Gasteiger partial charge in [0.15, 0.2) is 5.78 Å². The van der Waals surface area contributed by atoms with Gasteiger partial charge in [-0.2, -0.15) is 0 Å². The summed E-state index contributed by atoms with van der Waals surface area (Å²) in [6.07, 6.45) is 0.729. The van der Waals surface area contributed by atoms with Crippen LogP contribution in [0.4, 0.5) is 0 Å². The number of hydrogen-bond acceptors (Lipinski definition) is 2. The molecule has 68 valence electrons. The van der Waals surface area contributed by atoms with E-state index in [0.717, 1.165) is 6.29 Å². The number of ketones is 1. The zero-order valence-electron chi connectivity index (χ0n) is 7.16. The van der Waals surface area contributed by atoms with Crippen LogP contribution in [-0.4, -0.2) is 12.1 Å². The van der Waals surface area contributed by atoms with Crippen molar-refractivity contribution < 1.29 is 9.59 Å². The molecule has 0 spiro atoms. The maximum Gasteiger partial charge on any atom is 0.152 e. The first-order chi connectivity index (χ1) is 6.15. The highest BCUT2D eigenvalue weighted by Crippen LogP contribution is 2.21. The molecule has 0 saturated carbocycles. The lowest BCUT2D eigenvalue weighted by atomic mass is 10.1. The highest BCUT2D eigenvalue weighted by Gasteiger charge is 2.12. The van der Waals surface area contributed by atoms with Crippen molar-refractivity contribution in [2.45, 2.75) is 12.3 Å². The van der Waals surface area contributed by atoms with Gasteiger partial charge < -0.3 is 0 Å². The summed E-state index contributed by atoms with van der Waals surface area (Å²) in [5.41, 5.74) is 1.20. The number of aldehydes is 1. The van der Waals surface area contributed by atoms with Crippen molar-refractivity contribution in [1.29, 1.82) is 0 Å². The van der Waals surface area contributed by atoms with E-state index in [9.17, 15) is 9.59 Å². The second-order valence-electron chi connectivity index (χ2n) is 2.76. The van der Waals surface area contributed by atoms with Gasteiger partial charge in [0.05, 0.1) is 0 Å². The molecule has 0 aliphatic heterocycles. The monoisotopic (exact) mass is 196 g/mol. The lowest BCUT2D eigenvalue weighted by Gasteiger charge is -2.05. The van der Waals surface area contributed by atoms with Gasteiger partial charge in [0.25, 0.3) is 0 Å². The van der Waals surface area contributed by atoms with Gasteiger partial charge >= 0.3 is 0 Å². The van der Waals surface area contributed by atoms with E-state index in [0.29, 0.717) is 11.1 Å². The summed E-state index contributed by atoms with van der Waals surface area (Å²) in [5.74, 6) is -0.121. The number of rotatable bonds is 3. The zero-order chi connectivity index (χ0) is 9.84. The third-order valence-electron chi connectivity index (χ3n) is 1.70. The number of hydrogen-bond donors (Lipinski definition) is 0. The van der Waals surface area contributed by atoms with Crippen molar-refractivity contribution in [3.05, 3.63) is 35.4 Å². The summed E-state index contributed by atoms with van der Waals surface area (Å²) < 4.78 is 0. The fourth-order valence-corrected chi connectivity index (χ4v) is 1.16. The number of alkyl halides is 1. The topological polar surface area (TPSA) is 34.1 Å². The molecule has 0 aliphatic rings. The van der Waals surface area contributed by atoms with E-state index in [-0.39, 0.29) is 5.78 Å². The number of benzene rings is 1. The fourth-order valence-electron chi connectivity index (χ4n) is 1.02. The van der Waals surface area contributed by atoms with E-state index in [4.69, 9.17) is 11.6 Å². The highest BCUT2D eigenvalue weighted by atomic mass is 35.5. The van der Waals surface area contributed by atoms with Gasteiger partial charge in [-0.25, -0.2) is 0 Å². The molecule has 1 aromatic carbocycles. The number of halogens is 1. The molecular weight excluding hydrogens is 188 g/mol. The van der Waals surface area contributed by atoms with Gasteiger partial charge in [-0.15, -0.1) is 11.6 Å². The Morgan fingerprint density at radius 3 is 2.77 bits per heavy atom. The summed E-state index contributed by atoms with van der Waals surface area (Å²) in [7, 11) is 0. The molecule has 0 heterocycles. The maximum atomic E-state index is 10.9. The molecule has 0 radical (unpaired) electrons. The Morgan fingerprint density at radius 2 is 2.23 bits per heavy atom. The highest BCUT2D eigenvalue weighted by molar-refractivity contribution is 6.30. The normalized spacial score (nSPS) is 12.2. The molecule has 0 aromatic heterocycles. The molecule has 1 rings (SSSR count). The van der Waals surface area contributed by atoms with Crippen LogP contribution in [0.25, 0.3) is 0 Å². The number of Topliss-reactive ketones (excluding diaryl/α,β-unsaturated/α-hetero) is 1. The Kier molecular flexibility index (Phi) is 3.20. The average molecular weight is 197 g/mol. The van der Waals surface area contributed by atoms with Crippen molar-refractivity contribution in [3.8, 4) is 0 Å². The molecule has 0 fully saturated rings. The van der Waals surface area contributed by atoms with Crippen LogP contribution in [0.2, 0.25) is 0 Å². The minimum atomic E-state index is -0.653. The maximum absolute atomic E-state index is 10.9. The molecule has 1 atom stereocenters. The third kappa shape index (κ3) is 2.39. The molecule has 3 heteroatoms. The van der Waals surface area contributed by atoms with Crippen LogP contribution in [0, 0.1) is 0 Å². The molecule has 2 nitrogen and oxygen atoms in total. The van der Waals surface area contributed by atoms with Crippen molar-refractivity contribution >= 4 is 23.7 Å². The van der Waals surface area contributed by atoms with E-state index in [1.807, 2.05) is 0 Å². The Balaban J connectivity index is 3.01. The number of carbonyl (C=O) groups is 2. The van der Waals surface area contributed by atoms with Gasteiger partial charge in [-0.1, -0.05) is 18.2 Å². The van der Waals surface area contributed by atoms with Crippen molar-refractivity contribution in [2.75, 3.05) is 0 Å². The lowest BCUT2D eigenvalue weighted by molar-refractivity contribution is -0.116. The van der Waals surface area contributed by atoms with Crippen LogP contribution in [0.15, 0.2) is 24.3 Å². The largest absolute Gasteiger partial charge is 0.298 e. The predicted molar refractivity (Wildman–Crippen MR) is 51.1 cm³/mol. The first-order valence-corrected chi connectivity index (χ1v) is 4.28. The van der Waals surface area contributed by atoms with Crippen LogP contribution in [0.1, 0.15) is 28.2 Å². The SMILES string of the molecule is CC(=O)C(Cl)c1cccc(C=O)c1. The van der Waals surface area contributed by atoms with Gasteiger partial charge in [0.2, 0.25) is 0 Å². The van der Waals surface area contributed by atoms with E-state index in [1.165, 1.54) is 6.92 Å². The smallest absolute Gasteiger partial charge is 0.152 e. The average Bonchev–Trinajstić information content (AvgIpc) is 2.16. The summed E-state index contributed by atoms with van der Waals surface area (Å²) in [4.78, 5) is 21.3. The van der Waals surface area contributed by atoms with Gasteiger partial charge in [-0.05, 0) is 18.6 Å². The van der Waals surface area contributed by atoms with E-state index < -0.39 is 5.38 Å². The van der Waals surface area contributed by atoms with E-state index in [1.54, 1.807) is 24.3 Å².